The molecule has 0 fully saturated rings. The number of hydrogen-bond acceptors (Lipinski definition) is 1. The van der Waals surface area contributed by atoms with Crippen LogP contribution >= 0.6 is 11.8 Å². The monoisotopic (exact) mass is 164 g/mol. The van der Waals surface area contributed by atoms with Gasteiger partial charge in [-0.3, -0.25) is 4.39 Å². The minimum Gasteiger partial charge on any atom is -0.251 e. The molecule has 0 amide bonds. The van der Waals surface area contributed by atoms with Crippen molar-refractivity contribution in [3.05, 3.63) is 0 Å². The molecule has 0 saturated heterocycles. The van der Waals surface area contributed by atoms with E-state index in [0.29, 0.717) is 17.6 Å². The van der Waals surface area contributed by atoms with Crippen LogP contribution in [0.2, 0.25) is 0 Å². The smallest absolute Gasteiger partial charge is 0.0902 e. The van der Waals surface area contributed by atoms with Gasteiger partial charge in [-0.15, -0.1) is 0 Å². The van der Waals surface area contributed by atoms with Crippen LogP contribution < -0.4 is 0 Å². The summed E-state index contributed by atoms with van der Waals surface area (Å²) >= 11 is 1.87. The lowest BCUT2D eigenvalue weighted by Crippen LogP contribution is -2.06. The fourth-order valence-corrected chi connectivity index (χ4v) is 1.55. The molecular formula is C8H17FS. The van der Waals surface area contributed by atoms with E-state index in [-0.39, 0.29) is 6.67 Å². The molecule has 0 radical (unpaired) electrons. The number of thioether (sulfide) groups is 1. The van der Waals surface area contributed by atoms with E-state index in [0.717, 1.165) is 5.75 Å². The summed E-state index contributed by atoms with van der Waals surface area (Å²) in [7, 11) is 0. The van der Waals surface area contributed by atoms with E-state index in [1.165, 1.54) is 0 Å². The van der Waals surface area contributed by atoms with Crippen molar-refractivity contribution < 1.29 is 4.39 Å². The number of halogens is 1. The highest BCUT2D eigenvalue weighted by atomic mass is 32.2. The van der Waals surface area contributed by atoms with Gasteiger partial charge < -0.3 is 0 Å². The van der Waals surface area contributed by atoms with Gasteiger partial charge in [0.15, 0.2) is 0 Å². The van der Waals surface area contributed by atoms with Gasteiger partial charge >= 0.3 is 0 Å². The standard InChI is InChI=1S/C8H17FS/c1-7(2)8(3)10-6-4-5-9/h7-8H,4-6H2,1-3H3. The van der Waals surface area contributed by atoms with Crippen molar-refractivity contribution in [2.75, 3.05) is 12.4 Å². The third-order valence-corrected chi connectivity index (χ3v) is 3.19. The van der Waals surface area contributed by atoms with Gasteiger partial charge in [0.2, 0.25) is 0 Å². The lowest BCUT2D eigenvalue weighted by molar-refractivity contribution is 0.489. The van der Waals surface area contributed by atoms with Gasteiger partial charge in [0.05, 0.1) is 6.67 Å². The summed E-state index contributed by atoms with van der Waals surface area (Å²) in [5.74, 6) is 1.68. The van der Waals surface area contributed by atoms with Gasteiger partial charge in [-0.1, -0.05) is 20.8 Å². The van der Waals surface area contributed by atoms with Crippen LogP contribution in [0, 0.1) is 5.92 Å². The molecule has 0 heterocycles. The first kappa shape index (κ1) is 10.3. The van der Waals surface area contributed by atoms with Gasteiger partial charge in [-0.25, -0.2) is 0 Å². The second kappa shape index (κ2) is 6.02. The third kappa shape index (κ3) is 5.10. The first-order valence-electron chi connectivity index (χ1n) is 3.86. The normalized spacial score (nSPS) is 14.1. The molecule has 62 valence electrons. The second-order valence-corrected chi connectivity index (χ2v) is 4.35. The van der Waals surface area contributed by atoms with Crippen LogP contribution in [-0.4, -0.2) is 17.7 Å². The van der Waals surface area contributed by atoms with E-state index < -0.39 is 0 Å². The second-order valence-electron chi connectivity index (χ2n) is 2.86. The zero-order valence-electron chi connectivity index (χ0n) is 7.06. The number of alkyl halides is 1. The van der Waals surface area contributed by atoms with Gasteiger partial charge in [-0.2, -0.15) is 11.8 Å². The van der Waals surface area contributed by atoms with Crippen LogP contribution in [-0.2, 0) is 0 Å². The zero-order chi connectivity index (χ0) is 7.98. The van der Waals surface area contributed by atoms with Crippen LogP contribution in [0.15, 0.2) is 0 Å². The molecule has 0 aromatic rings. The zero-order valence-corrected chi connectivity index (χ0v) is 7.88. The highest BCUT2D eigenvalue weighted by Crippen LogP contribution is 2.18. The van der Waals surface area contributed by atoms with E-state index in [2.05, 4.69) is 20.8 Å². The molecule has 2 heteroatoms. The number of hydrogen-bond donors (Lipinski definition) is 0. The topological polar surface area (TPSA) is 0 Å². The Kier molecular flexibility index (Phi) is 6.19. The Morgan fingerprint density at radius 2 is 1.90 bits per heavy atom. The van der Waals surface area contributed by atoms with E-state index >= 15 is 0 Å². The molecule has 0 N–H and O–H groups in total. The van der Waals surface area contributed by atoms with Crippen molar-refractivity contribution >= 4 is 11.8 Å². The minimum absolute atomic E-state index is 0.169. The van der Waals surface area contributed by atoms with Gasteiger partial charge in [0.1, 0.15) is 0 Å². The number of rotatable bonds is 5. The van der Waals surface area contributed by atoms with E-state index in [1.807, 2.05) is 11.8 Å². The summed E-state index contributed by atoms with van der Waals surface area (Å²) in [6.07, 6.45) is 0.710. The summed E-state index contributed by atoms with van der Waals surface area (Å²) in [6, 6.07) is 0. The van der Waals surface area contributed by atoms with E-state index in [4.69, 9.17) is 0 Å². The molecule has 0 spiro atoms. The Labute approximate surface area is 67.6 Å². The van der Waals surface area contributed by atoms with Gasteiger partial charge in [-0.05, 0) is 18.1 Å². The Balaban J connectivity index is 3.13. The SMILES string of the molecule is CC(C)C(C)SCCCF. The minimum atomic E-state index is -0.169. The van der Waals surface area contributed by atoms with Gasteiger partial charge in [0, 0.05) is 5.25 Å². The molecule has 0 aromatic carbocycles. The van der Waals surface area contributed by atoms with Crippen molar-refractivity contribution in [1.29, 1.82) is 0 Å². The Hall–Kier alpha value is 0.280. The van der Waals surface area contributed by atoms with E-state index in [9.17, 15) is 4.39 Å². The highest BCUT2D eigenvalue weighted by molar-refractivity contribution is 7.99. The predicted molar refractivity (Wildman–Crippen MR) is 47.4 cm³/mol. The van der Waals surface area contributed by atoms with Crippen LogP contribution in [0.3, 0.4) is 0 Å². The first-order chi connectivity index (χ1) is 4.68. The summed E-state index contributed by atoms with van der Waals surface area (Å²) in [4.78, 5) is 0. The molecule has 1 unspecified atom stereocenters. The largest absolute Gasteiger partial charge is 0.251 e. The van der Waals surface area contributed by atoms with Crippen molar-refractivity contribution in [3.63, 3.8) is 0 Å². The van der Waals surface area contributed by atoms with Gasteiger partial charge in [0.25, 0.3) is 0 Å². The lowest BCUT2D eigenvalue weighted by atomic mass is 10.2. The average molecular weight is 164 g/mol. The molecular weight excluding hydrogens is 147 g/mol. The maximum atomic E-state index is 11.6. The van der Waals surface area contributed by atoms with Crippen molar-refractivity contribution in [3.8, 4) is 0 Å². The van der Waals surface area contributed by atoms with Crippen molar-refractivity contribution in [2.24, 2.45) is 5.92 Å². The molecule has 0 nitrogen and oxygen atoms in total. The predicted octanol–water partition coefficient (Wildman–Crippen LogP) is 3.12. The molecule has 10 heavy (non-hydrogen) atoms. The molecule has 0 aliphatic heterocycles. The van der Waals surface area contributed by atoms with Crippen LogP contribution in [0.4, 0.5) is 4.39 Å². The van der Waals surface area contributed by atoms with Crippen LogP contribution in [0.25, 0.3) is 0 Å². The van der Waals surface area contributed by atoms with Crippen LogP contribution in [0.1, 0.15) is 27.2 Å². The van der Waals surface area contributed by atoms with Crippen molar-refractivity contribution in [1.82, 2.24) is 0 Å². The quantitative estimate of drug-likeness (QED) is 0.563. The molecule has 0 bridgehead atoms. The molecule has 0 aliphatic rings. The summed E-state index contributed by atoms with van der Waals surface area (Å²) in [6.45, 7) is 6.44. The fraction of sp³-hybridized carbons (Fsp3) is 1.00. The van der Waals surface area contributed by atoms with Crippen molar-refractivity contribution in [2.45, 2.75) is 32.4 Å². The average Bonchev–Trinajstić information content (AvgIpc) is 1.88. The summed E-state index contributed by atoms with van der Waals surface area (Å²) in [5, 5.41) is 0.673. The maximum absolute atomic E-state index is 11.6. The molecule has 1 atom stereocenters. The fourth-order valence-electron chi connectivity index (χ4n) is 0.516. The summed E-state index contributed by atoms with van der Waals surface area (Å²) in [5.41, 5.74) is 0. The molecule has 0 aliphatic carbocycles. The van der Waals surface area contributed by atoms with Crippen LogP contribution in [0.5, 0.6) is 0 Å². The Morgan fingerprint density at radius 1 is 1.30 bits per heavy atom. The maximum Gasteiger partial charge on any atom is 0.0902 e. The summed E-state index contributed by atoms with van der Waals surface area (Å²) < 4.78 is 11.6. The van der Waals surface area contributed by atoms with E-state index in [1.54, 1.807) is 0 Å². The Bertz CT molecular complexity index is 73.7. The first-order valence-corrected chi connectivity index (χ1v) is 4.91. The highest BCUT2D eigenvalue weighted by Gasteiger charge is 2.05. The molecule has 0 saturated carbocycles. The molecule has 0 aromatic heterocycles. The lowest BCUT2D eigenvalue weighted by Gasteiger charge is -2.13. The molecule has 0 rings (SSSR count). The Morgan fingerprint density at radius 3 is 2.30 bits per heavy atom. The third-order valence-electron chi connectivity index (χ3n) is 1.60.